The average Bonchev–Trinajstić information content (AvgIpc) is 3.42. The summed E-state index contributed by atoms with van der Waals surface area (Å²) in [5.41, 5.74) is 2.71. The van der Waals surface area contributed by atoms with Crippen molar-refractivity contribution in [2.45, 2.75) is 31.8 Å². The molecular weight excluding hydrogens is 448 g/mol. The number of fused-ring (bicyclic) bond motifs is 3. The Morgan fingerprint density at radius 3 is 2.71 bits per heavy atom. The Bertz CT molecular complexity index is 1100. The zero-order chi connectivity index (χ0) is 24.4. The molecule has 0 saturated carbocycles. The number of hydrogen-bond donors (Lipinski definition) is 1. The fourth-order valence-corrected chi connectivity index (χ4v) is 5.51. The van der Waals surface area contributed by atoms with E-state index >= 15 is 0 Å². The lowest BCUT2D eigenvalue weighted by atomic mass is 9.83. The second-order valence-electron chi connectivity index (χ2n) is 9.54. The lowest BCUT2D eigenvalue weighted by molar-refractivity contribution is -0.384. The van der Waals surface area contributed by atoms with Gasteiger partial charge in [0.25, 0.3) is 5.69 Å². The van der Waals surface area contributed by atoms with Crippen LogP contribution < -0.4 is 10.2 Å². The van der Waals surface area contributed by atoms with Crippen LogP contribution in [0.4, 0.5) is 11.4 Å². The van der Waals surface area contributed by atoms with Gasteiger partial charge in [0, 0.05) is 69.5 Å². The summed E-state index contributed by atoms with van der Waals surface area (Å²) in [4.78, 5) is 47.5. The Labute approximate surface area is 204 Å². The molecule has 0 aliphatic carbocycles. The number of carbonyl (C=O) groups excluding carboxylic acids is 2. The Kier molecular flexibility index (Phi) is 6.63. The number of amides is 2. The van der Waals surface area contributed by atoms with E-state index in [1.165, 1.54) is 6.07 Å². The smallest absolute Gasteiger partial charge is 0.269 e. The second kappa shape index (κ2) is 9.99. The zero-order valence-electron chi connectivity index (χ0n) is 19.6. The van der Waals surface area contributed by atoms with Crippen LogP contribution in [0.2, 0.25) is 0 Å². The quantitative estimate of drug-likeness (QED) is 0.496. The first-order valence-electron chi connectivity index (χ1n) is 12.2. The number of nitro benzene ring substituents is 1. The van der Waals surface area contributed by atoms with Crippen LogP contribution in [0.5, 0.6) is 0 Å². The number of nitrogens with zero attached hydrogens (tertiary/aromatic N) is 5. The van der Waals surface area contributed by atoms with Crippen LogP contribution in [-0.4, -0.2) is 76.8 Å². The largest absolute Gasteiger partial charge is 0.365 e. The normalized spacial score (nSPS) is 21.8. The molecule has 2 fully saturated rings. The number of likely N-dealkylation sites (tertiary alicyclic amines) is 1. The Morgan fingerprint density at radius 2 is 1.97 bits per heavy atom. The van der Waals surface area contributed by atoms with Crippen molar-refractivity contribution in [2.75, 3.05) is 44.2 Å². The van der Waals surface area contributed by atoms with Gasteiger partial charge in [-0.2, -0.15) is 0 Å². The Hall–Kier alpha value is -3.53. The summed E-state index contributed by atoms with van der Waals surface area (Å²) in [7, 11) is 0. The molecule has 2 atom stereocenters. The number of rotatable bonds is 6. The van der Waals surface area contributed by atoms with Crippen molar-refractivity contribution < 1.29 is 14.5 Å². The SMILES string of the molecule is O=C(NCc1cccnc1)C1Cc2cc([N+](=O)[O-])ccc2N2CCN(CC(=O)N3CCCC3)CC12. The van der Waals surface area contributed by atoms with Crippen LogP contribution in [0.25, 0.3) is 0 Å². The highest BCUT2D eigenvalue weighted by Gasteiger charge is 2.42. The van der Waals surface area contributed by atoms with Crippen LogP contribution in [0.15, 0.2) is 42.7 Å². The van der Waals surface area contributed by atoms with E-state index in [0.717, 1.165) is 42.7 Å². The second-order valence-corrected chi connectivity index (χ2v) is 9.54. The van der Waals surface area contributed by atoms with E-state index in [2.05, 4.69) is 20.1 Å². The van der Waals surface area contributed by atoms with Gasteiger partial charge in [-0.1, -0.05) is 6.07 Å². The van der Waals surface area contributed by atoms with E-state index in [4.69, 9.17) is 0 Å². The molecule has 3 aliphatic rings. The maximum atomic E-state index is 13.4. The molecule has 0 bridgehead atoms. The lowest BCUT2D eigenvalue weighted by Crippen LogP contribution is -2.62. The first-order chi connectivity index (χ1) is 17.0. The molecule has 2 unspecified atom stereocenters. The first kappa shape index (κ1) is 23.2. The van der Waals surface area contributed by atoms with Crippen molar-refractivity contribution in [3.8, 4) is 0 Å². The molecule has 2 aromatic rings. The number of anilines is 1. The average molecular weight is 479 g/mol. The molecule has 1 aromatic carbocycles. The van der Waals surface area contributed by atoms with Crippen molar-refractivity contribution >= 4 is 23.2 Å². The molecule has 35 heavy (non-hydrogen) atoms. The van der Waals surface area contributed by atoms with Crippen LogP contribution in [0, 0.1) is 16.0 Å². The summed E-state index contributed by atoms with van der Waals surface area (Å²) >= 11 is 0. The van der Waals surface area contributed by atoms with E-state index in [1.54, 1.807) is 24.5 Å². The van der Waals surface area contributed by atoms with E-state index in [1.807, 2.05) is 17.0 Å². The van der Waals surface area contributed by atoms with E-state index in [9.17, 15) is 19.7 Å². The number of non-ortho nitro benzene ring substituents is 1. The van der Waals surface area contributed by atoms with Crippen LogP contribution >= 0.6 is 0 Å². The maximum absolute atomic E-state index is 13.4. The van der Waals surface area contributed by atoms with Crippen molar-refractivity contribution in [3.63, 3.8) is 0 Å². The fourth-order valence-electron chi connectivity index (χ4n) is 5.51. The van der Waals surface area contributed by atoms with Crippen molar-refractivity contribution in [2.24, 2.45) is 5.92 Å². The van der Waals surface area contributed by atoms with Gasteiger partial charge in [-0.3, -0.25) is 29.6 Å². The van der Waals surface area contributed by atoms with Gasteiger partial charge < -0.3 is 15.1 Å². The molecule has 184 valence electrons. The molecule has 0 spiro atoms. The number of nitro groups is 1. The van der Waals surface area contributed by atoms with E-state index in [-0.39, 0.29) is 29.5 Å². The third-order valence-electron chi connectivity index (χ3n) is 7.33. The highest BCUT2D eigenvalue weighted by Crippen LogP contribution is 2.38. The standard InChI is InChI=1S/C25H30N6O4/c32-24(29-8-1-2-9-29)17-28-10-11-30-22-6-5-20(31(34)35)12-19(22)13-21(23(30)16-28)25(33)27-15-18-4-3-7-26-14-18/h3-7,12,14,21,23H,1-2,8-11,13,15-17H2,(H,27,33). The number of benzene rings is 1. The van der Waals surface area contributed by atoms with Gasteiger partial charge in [0.1, 0.15) is 0 Å². The molecule has 2 amide bonds. The van der Waals surface area contributed by atoms with Gasteiger partial charge in [0.05, 0.1) is 23.4 Å². The molecule has 10 nitrogen and oxygen atoms in total. The van der Waals surface area contributed by atoms with E-state index < -0.39 is 4.92 Å². The summed E-state index contributed by atoms with van der Waals surface area (Å²) in [5, 5.41) is 14.4. The summed E-state index contributed by atoms with van der Waals surface area (Å²) < 4.78 is 0. The van der Waals surface area contributed by atoms with Crippen molar-refractivity contribution in [3.05, 3.63) is 64.0 Å². The predicted molar refractivity (Wildman–Crippen MR) is 130 cm³/mol. The number of hydrogen-bond acceptors (Lipinski definition) is 7. The minimum absolute atomic E-state index is 0.0339. The van der Waals surface area contributed by atoms with Gasteiger partial charge >= 0.3 is 0 Å². The fraction of sp³-hybridized carbons (Fsp3) is 0.480. The molecule has 0 radical (unpaired) electrons. The summed E-state index contributed by atoms with van der Waals surface area (Å²) in [5.74, 6) is -0.319. The number of nitrogens with one attached hydrogen (secondary N) is 1. The van der Waals surface area contributed by atoms with Gasteiger partial charge in [-0.25, -0.2) is 0 Å². The molecule has 1 aromatic heterocycles. The number of pyridine rings is 1. The molecule has 3 aliphatic heterocycles. The molecule has 2 saturated heterocycles. The van der Waals surface area contributed by atoms with Crippen LogP contribution in [0.1, 0.15) is 24.0 Å². The monoisotopic (exact) mass is 478 g/mol. The first-order valence-corrected chi connectivity index (χ1v) is 12.2. The molecule has 1 N–H and O–H groups in total. The van der Waals surface area contributed by atoms with Gasteiger partial charge in [0.2, 0.25) is 11.8 Å². The number of piperazine rings is 1. The molecule has 4 heterocycles. The van der Waals surface area contributed by atoms with Gasteiger partial charge in [-0.05, 0) is 42.5 Å². The molecular formula is C25H30N6O4. The van der Waals surface area contributed by atoms with Gasteiger partial charge in [-0.15, -0.1) is 0 Å². The van der Waals surface area contributed by atoms with Crippen LogP contribution in [-0.2, 0) is 22.6 Å². The third-order valence-corrected chi connectivity index (χ3v) is 7.33. The van der Waals surface area contributed by atoms with E-state index in [0.29, 0.717) is 39.1 Å². The van der Waals surface area contributed by atoms with Gasteiger partial charge in [0.15, 0.2) is 0 Å². The summed E-state index contributed by atoms with van der Waals surface area (Å²) in [6, 6.07) is 8.55. The minimum Gasteiger partial charge on any atom is -0.365 e. The number of aromatic nitrogens is 1. The predicted octanol–water partition coefficient (Wildman–Crippen LogP) is 1.59. The maximum Gasteiger partial charge on any atom is 0.269 e. The minimum atomic E-state index is -0.397. The Balaban J connectivity index is 1.36. The summed E-state index contributed by atoms with van der Waals surface area (Å²) in [6.45, 7) is 4.35. The highest BCUT2D eigenvalue weighted by atomic mass is 16.6. The van der Waals surface area contributed by atoms with Crippen molar-refractivity contribution in [1.82, 2.24) is 20.1 Å². The van der Waals surface area contributed by atoms with Crippen molar-refractivity contribution in [1.29, 1.82) is 0 Å². The zero-order valence-corrected chi connectivity index (χ0v) is 19.6. The highest BCUT2D eigenvalue weighted by molar-refractivity contribution is 5.82. The third kappa shape index (κ3) is 4.97. The lowest BCUT2D eigenvalue weighted by Gasteiger charge is -2.49. The molecule has 10 heteroatoms. The number of carbonyl (C=O) groups is 2. The molecule has 5 rings (SSSR count). The summed E-state index contributed by atoms with van der Waals surface area (Å²) in [6.07, 6.45) is 5.95. The topological polar surface area (TPSA) is 112 Å². The van der Waals surface area contributed by atoms with Crippen LogP contribution in [0.3, 0.4) is 0 Å². The Morgan fingerprint density at radius 1 is 1.14 bits per heavy atom.